The highest BCUT2D eigenvalue weighted by Gasteiger charge is 2.12. The van der Waals surface area contributed by atoms with Crippen LogP contribution in [0.4, 0.5) is 0 Å². The summed E-state index contributed by atoms with van der Waals surface area (Å²) in [6.07, 6.45) is 0. The second kappa shape index (κ2) is 4.61. The molecule has 3 heteroatoms. The number of ether oxygens (including phenoxy) is 1. The number of hydrogen-bond donors (Lipinski definition) is 1. The average Bonchev–Trinajstić information content (AvgIpc) is 2.96. The van der Waals surface area contributed by atoms with Crippen molar-refractivity contribution in [1.29, 1.82) is 0 Å². The van der Waals surface area contributed by atoms with E-state index in [1.54, 1.807) is 0 Å². The Balaban J connectivity index is 1.92. The van der Waals surface area contributed by atoms with Crippen LogP contribution >= 0.6 is 11.3 Å². The van der Waals surface area contributed by atoms with E-state index in [-0.39, 0.29) is 0 Å². The summed E-state index contributed by atoms with van der Waals surface area (Å²) >= 11 is 1.85. The van der Waals surface area contributed by atoms with Gasteiger partial charge in [-0.3, -0.25) is 0 Å². The first-order chi connectivity index (χ1) is 8.36. The van der Waals surface area contributed by atoms with Crippen LogP contribution in [0.15, 0.2) is 30.3 Å². The molecular formula is C14H15NOS. The highest BCUT2D eigenvalue weighted by atomic mass is 32.1. The molecule has 3 rings (SSSR count). The van der Waals surface area contributed by atoms with Crippen molar-refractivity contribution in [3.05, 3.63) is 46.3 Å². The van der Waals surface area contributed by atoms with E-state index < -0.39 is 0 Å². The number of benzene rings is 1. The zero-order valence-electron chi connectivity index (χ0n) is 9.82. The number of nitrogens with one attached hydrogen (secondary N) is 1. The summed E-state index contributed by atoms with van der Waals surface area (Å²) in [5.41, 5.74) is 3.98. The predicted molar refractivity (Wildman–Crippen MR) is 71.0 cm³/mol. The summed E-state index contributed by atoms with van der Waals surface area (Å²) in [7, 11) is 1.98. The second-order valence-electron chi connectivity index (χ2n) is 4.27. The molecule has 0 atom stereocenters. The Bertz CT molecular complexity index is 533. The Labute approximate surface area is 105 Å². The summed E-state index contributed by atoms with van der Waals surface area (Å²) in [6, 6.07) is 11.0. The van der Waals surface area contributed by atoms with E-state index in [4.69, 9.17) is 4.74 Å². The Morgan fingerprint density at radius 3 is 2.94 bits per heavy atom. The summed E-state index contributed by atoms with van der Waals surface area (Å²) < 4.78 is 5.44. The molecule has 0 saturated carbocycles. The van der Waals surface area contributed by atoms with Gasteiger partial charge in [0.15, 0.2) is 0 Å². The Morgan fingerprint density at radius 2 is 2.06 bits per heavy atom. The van der Waals surface area contributed by atoms with Crippen molar-refractivity contribution in [1.82, 2.24) is 5.32 Å². The first-order valence-electron chi connectivity index (χ1n) is 5.80. The molecule has 0 saturated heterocycles. The molecule has 0 unspecified atom stereocenters. The van der Waals surface area contributed by atoms with E-state index in [1.165, 1.54) is 26.4 Å². The average molecular weight is 245 g/mol. The zero-order valence-corrected chi connectivity index (χ0v) is 10.6. The third kappa shape index (κ3) is 2.14. The Hall–Kier alpha value is -1.16. The van der Waals surface area contributed by atoms with E-state index in [2.05, 4.69) is 35.6 Å². The van der Waals surface area contributed by atoms with Gasteiger partial charge in [-0.15, -0.1) is 11.3 Å². The van der Waals surface area contributed by atoms with Crippen LogP contribution in [0.5, 0.6) is 0 Å². The molecule has 1 aliphatic rings. The van der Waals surface area contributed by atoms with Crippen LogP contribution in [0.2, 0.25) is 0 Å². The molecule has 0 bridgehead atoms. The molecule has 88 valence electrons. The van der Waals surface area contributed by atoms with Gasteiger partial charge in [-0.1, -0.05) is 12.1 Å². The number of fused-ring (bicyclic) bond motifs is 1. The highest BCUT2D eigenvalue weighted by Crippen LogP contribution is 2.31. The van der Waals surface area contributed by atoms with Crippen molar-refractivity contribution in [2.75, 3.05) is 7.05 Å². The minimum atomic E-state index is 0.762. The van der Waals surface area contributed by atoms with Gasteiger partial charge in [-0.05, 0) is 41.9 Å². The van der Waals surface area contributed by atoms with E-state index in [1.807, 2.05) is 18.4 Å². The van der Waals surface area contributed by atoms with Crippen LogP contribution in [-0.4, -0.2) is 7.05 Å². The van der Waals surface area contributed by atoms with Crippen LogP contribution in [-0.2, 0) is 24.5 Å². The third-order valence-electron chi connectivity index (χ3n) is 3.02. The maximum absolute atomic E-state index is 5.44. The minimum absolute atomic E-state index is 0.762. The number of rotatable bonds is 3. The topological polar surface area (TPSA) is 21.3 Å². The predicted octanol–water partition coefficient (Wildman–Crippen LogP) is 3.16. The number of thiophene rings is 1. The molecule has 2 nitrogen and oxygen atoms in total. The van der Waals surface area contributed by atoms with Crippen molar-refractivity contribution in [2.24, 2.45) is 0 Å². The van der Waals surface area contributed by atoms with Crippen LogP contribution in [0, 0.1) is 0 Å². The van der Waals surface area contributed by atoms with Crippen LogP contribution in [0.1, 0.15) is 16.0 Å². The largest absolute Gasteiger partial charge is 0.372 e. The van der Waals surface area contributed by atoms with Gasteiger partial charge < -0.3 is 10.1 Å². The van der Waals surface area contributed by atoms with Crippen molar-refractivity contribution in [2.45, 2.75) is 19.8 Å². The molecule has 17 heavy (non-hydrogen) atoms. The molecule has 1 aliphatic heterocycles. The summed E-state index contributed by atoms with van der Waals surface area (Å²) in [5.74, 6) is 0. The number of hydrogen-bond acceptors (Lipinski definition) is 3. The molecule has 1 aromatic carbocycles. The Morgan fingerprint density at radius 1 is 1.18 bits per heavy atom. The lowest BCUT2D eigenvalue weighted by Crippen LogP contribution is -2.02. The quantitative estimate of drug-likeness (QED) is 0.897. The molecule has 0 aliphatic carbocycles. The lowest BCUT2D eigenvalue weighted by Gasteiger charge is -2.01. The van der Waals surface area contributed by atoms with Crippen molar-refractivity contribution >= 4 is 11.3 Å². The first-order valence-corrected chi connectivity index (χ1v) is 6.62. The summed E-state index contributed by atoms with van der Waals surface area (Å²) in [6.45, 7) is 2.47. The molecule has 1 aromatic heterocycles. The lowest BCUT2D eigenvalue weighted by molar-refractivity contribution is 0.134. The fourth-order valence-corrected chi connectivity index (χ4v) is 3.14. The fourth-order valence-electron chi connectivity index (χ4n) is 2.13. The van der Waals surface area contributed by atoms with Gasteiger partial charge in [0.2, 0.25) is 0 Å². The van der Waals surface area contributed by atoms with Crippen molar-refractivity contribution < 1.29 is 4.74 Å². The molecular weight excluding hydrogens is 230 g/mol. The fraction of sp³-hybridized carbons (Fsp3) is 0.286. The molecule has 0 spiro atoms. The smallest absolute Gasteiger partial charge is 0.0725 e. The van der Waals surface area contributed by atoms with Gasteiger partial charge >= 0.3 is 0 Å². The molecule has 2 aromatic rings. The van der Waals surface area contributed by atoms with Gasteiger partial charge in [0.05, 0.1) is 13.2 Å². The zero-order chi connectivity index (χ0) is 11.7. The van der Waals surface area contributed by atoms with Gasteiger partial charge in [-0.2, -0.15) is 0 Å². The minimum Gasteiger partial charge on any atom is -0.372 e. The van der Waals surface area contributed by atoms with E-state index in [0.717, 1.165) is 19.8 Å². The molecule has 0 fully saturated rings. The van der Waals surface area contributed by atoms with Gasteiger partial charge in [0, 0.05) is 16.3 Å². The van der Waals surface area contributed by atoms with E-state index >= 15 is 0 Å². The molecule has 1 N–H and O–H groups in total. The van der Waals surface area contributed by atoms with Crippen LogP contribution in [0.3, 0.4) is 0 Å². The SMILES string of the molecule is CNCc1ccc(-c2ccc3c(c2)COC3)s1. The van der Waals surface area contributed by atoms with Crippen molar-refractivity contribution in [3.8, 4) is 10.4 Å². The summed E-state index contributed by atoms with van der Waals surface area (Å²) in [5, 5.41) is 3.18. The monoisotopic (exact) mass is 245 g/mol. The maximum atomic E-state index is 5.44. The van der Waals surface area contributed by atoms with E-state index in [0.29, 0.717) is 0 Å². The van der Waals surface area contributed by atoms with Crippen molar-refractivity contribution in [3.63, 3.8) is 0 Å². The Kier molecular flexibility index (Phi) is 2.97. The maximum Gasteiger partial charge on any atom is 0.0725 e. The lowest BCUT2D eigenvalue weighted by atomic mass is 10.1. The van der Waals surface area contributed by atoms with Crippen LogP contribution in [0.25, 0.3) is 10.4 Å². The second-order valence-corrected chi connectivity index (χ2v) is 5.44. The standard InChI is InChI=1S/C14H15NOS/c1-15-7-13-4-5-14(17-13)10-2-3-11-8-16-9-12(11)6-10/h2-6,15H,7-9H2,1H3. The molecule has 0 radical (unpaired) electrons. The van der Waals surface area contributed by atoms with Gasteiger partial charge in [0.25, 0.3) is 0 Å². The van der Waals surface area contributed by atoms with Gasteiger partial charge in [-0.25, -0.2) is 0 Å². The highest BCUT2D eigenvalue weighted by molar-refractivity contribution is 7.15. The van der Waals surface area contributed by atoms with Crippen LogP contribution < -0.4 is 5.32 Å². The van der Waals surface area contributed by atoms with E-state index in [9.17, 15) is 0 Å². The normalized spacial score (nSPS) is 13.9. The molecule has 0 amide bonds. The molecule has 2 heterocycles. The summed E-state index contributed by atoms with van der Waals surface area (Å²) in [4.78, 5) is 2.71. The van der Waals surface area contributed by atoms with Gasteiger partial charge in [0.1, 0.15) is 0 Å². The first kappa shape index (κ1) is 11.0. The third-order valence-corrected chi connectivity index (χ3v) is 4.15.